The number of nitrogens with zero attached hydrogens (tertiary/aromatic N) is 2. The minimum absolute atomic E-state index is 0.216. The lowest BCUT2D eigenvalue weighted by molar-refractivity contribution is 0.180. The van der Waals surface area contributed by atoms with Crippen molar-refractivity contribution in [2.45, 2.75) is 26.8 Å². The number of nitrogen functional groups attached to an aromatic ring is 1. The number of aryl methyl sites for hydroxylation is 1. The highest BCUT2D eigenvalue weighted by molar-refractivity contribution is 7.60. The van der Waals surface area contributed by atoms with E-state index in [0.717, 1.165) is 11.3 Å². The molecule has 0 saturated heterocycles. The molecule has 0 radical (unpaired) electrons. The van der Waals surface area contributed by atoms with E-state index < -0.39 is 15.6 Å². The number of phosphoric ester groups is 1. The van der Waals surface area contributed by atoms with Crippen LogP contribution < -0.4 is 11.1 Å². The number of nitrogens with two attached hydrogens (primary N) is 1. The molecule has 0 aliphatic heterocycles. The van der Waals surface area contributed by atoms with Crippen molar-refractivity contribution in [3.63, 3.8) is 0 Å². The van der Waals surface area contributed by atoms with E-state index in [1.807, 2.05) is 0 Å². The third kappa shape index (κ3) is 8.51. The number of rotatable bonds is 9. The molecule has 13 heteroatoms. The molecule has 1 aromatic rings. The number of anilines is 1. The van der Waals surface area contributed by atoms with E-state index >= 15 is 0 Å². The molecule has 1 heterocycles. The van der Waals surface area contributed by atoms with Gasteiger partial charge < -0.3 is 25.7 Å². The van der Waals surface area contributed by atoms with Crippen molar-refractivity contribution < 1.29 is 32.6 Å². The Morgan fingerprint density at radius 2 is 2.08 bits per heavy atom. The zero-order chi connectivity index (χ0) is 18.4. The lowest BCUT2D eigenvalue weighted by Gasteiger charge is -2.12. The first-order chi connectivity index (χ1) is 11.0. The summed E-state index contributed by atoms with van der Waals surface area (Å²) < 4.78 is 29.8. The van der Waals surface area contributed by atoms with Crippen LogP contribution in [0.5, 0.6) is 0 Å². The van der Waals surface area contributed by atoms with E-state index in [1.165, 1.54) is 0 Å². The normalized spacial score (nSPS) is 15.1. The monoisotopic (exact) mass is 382 g/mol. The summed E-state index contributed by atoms with van der Waals surface area (Å²) in [5, 5.41) is 3.05. The smallest absolute Gasteiger partial charge is 0.385 e. The van der Waals surface area contributed by atoms with Crippen LogP contribution in [0.4, 0.5) is 5.82 Å². The molecule has 11 nitrogen and oxygen atoms in total. The van der Waals surface area contributed by atoms with Crippen LogP contribution >= 0.6 is 15.6 Å². The summed E-state index contributed by atoms with van der Waals surface area (Å²) in [6.45, 7) is 3.63. The molecule has 1 rings (SSSR count). The first-order valence-electron chi connectivity index (χ1n) is 6.71. The number of allylic oxidation sites excluding steroid dienone is 1. The lowest BCUT2D eigenvalue weighted by Crippen LogP contribution is -2.13. The molecule has 24 heavy (non-hydrogen) atoms. The van der Waals surface area contributed by atoms with Gasteiger partial charge in [-0.2, -0.15) is 4.31 Å². The zero-order valence-electron chi connectivity index (χ0n) is 13.1. The van der Waals surface area contributed by atoms with Gasteiger partial charge in [-0.15, -0.1) is 0 Å². The molecule has 0 amide bonds. The maximum absolute atomic E-state index is 11.2. The van der Waals surface area contributed by atoms with Crippen LogP contribution in [-0.4, -0.2) is 31.3 Å². The Hall–Kier alpha value is -1.32. The molecule has 1 atom stereocenters. The predicted octanol–water partition coefficient (Wildman–Crippen LogP) is 0.977. The predicted molar refractivity (Wildman–Crippen MR) is 85.3 cm³/mol. The van der Waals surface area contributed by atoms with E-state index in [0.29, 0.717) is 18.2 Å². The fourth-order valence-corrected chi connectivity index (χ4v) is 3.16. The average Bonchev–Trinajstić information content (AvgIpc) is 2.40. The largest absolute Gasteiger partial charge is 0.481 e. The van der Waals surface area contributed by atoms with Gasteiger partial charge in [0.1, 0.15) is 11.6 Å². The van der Waals surface area contributed by atoms with E-state index in [1.54, 1.807) is 26.1 Å². The summed E-state index contributed by atoms with van der Waals surface area (Å²) in [5.74, 6) is 0.952. The van der Waals surface area contributed by atoms with Crippen molar-refractivity contribution in [1.82, 2.24) is 15.3 Å². The Kier molecular flexibility index (Phi) is 7.50. The molecule has 0 spiro atoms. The molecule has 0 saturated carbocycles. The van der Waals surface area contributed by atoms with E-state index in [-0.39, 0.29) is 13.0 Å². The van der Waals surface area contributed by atoms with Gasteiger partial charge in [-0.25, -0.2) is 19.1 Å². The van der Waals surface area contributed by atoms with Crippen molar-refractivity contribution in [3.8, 4) is 0 Å². The molecule has 0 bridgehead atoms. The summed E-state index contributed by atoms with van der Waals surface area (Å²) in [4.78, 5) is 34.1. The van der Waals surface area contributed by atoms with Gasteiger partial charge in [0.2, 0.25) is 0 Å². The number of nitrogens with one attached hydrogen (secondary N) is 1. The van der Waals surface area contributed by atoms with Gasteiger partial charge in [0.25, 0.3) is 0 Å². The maximum Gasteiger partial charge on any atom is 0.481 e. The molecule has 0 fully saturated rings. The van der Waals surface area contributed by atoms with Crippen molar-refractivity contribution in [2.24, 2.45) is 0 Å². The average molecular weight is 382 g/mol. The highest BCUT2D eigenvalue weighted by Crippen LogP contribution is 2.57. The van der Waals surface area contributed by atoms with E-state index in [4.69, 9.17) is 20.4 Å². The fourth-order valence-electron chi connectivity index (χ4n) is 1.56. The standard InChI is InChI=1S/C11H20N4O7P2/c1-8(13-6-10-7-14-9(2)15-11(10)12)4-3-5-21-24(19,20)22-23(16,17)18/h4,7,13H,3,5-6H2,1-2H3,(H,19,20)(H2,12,14,15)(H2,16,17,18). The summed E-state index contributed by atoms with van der Waals surface area (Å²) >= 11 is 0. The summed E-state index contributed by atoms with van der Waals surface area (Å²) in [6, 6.07) is 0. The van der Waals surface area contributed by atoms with Crippen LogP contribution in [0.1, 0.15) is 24.7 Å². The van der Waals surface area contributed by atoms with Crippen LogP contribution in [0.3, 0.4) is 0 Å². The second kappa shape index (κ2) is 8.68. The van der Waals surface area contributed by atoms with Crippen molar-refractivity contribution in [3.05, 3.63) is 29.4 Å². The van der Waals surface area contributed by atoms with Gasteiger partial charge in [-0.3, -0.25) is 4.52 Å². The van der Waals surface area contributed by atoms with Gasteiger partial charge in [0.15, 0.2) is 0 Å². The second-order valence-electron chi connectivity index (χ2n) is 4.73. The Balaban J connectivity index is 2.40. The van der Waals surface area contributed by atoms with Crippen LogP contribution in [0.2, 0.25) is 0 Å². The first kappa shape index (κ1) is 20.7. The van der Waals surface area contributed by atoms with Gasteiger partial charge in [0.05, 0.1) is 6.61 Å². The fraction of sp³-hybridized carbons (Fsp3) is 0.455. The highest BCUT2D eigenvalue weighted by Gasteiger charge is 2.31. The number of aromatic nitrogens is 2. The Labute approximate surface area is 138 Å². The molecule has 0 aromatic carbocycles. The molecule has 1 aromatic heterocycles. The quantitative estimate of drug-likeness (QED) is 0.304. The van der Waals surface area contributed by atoms with Crippen LogP contribution in [-0.2, 0) is 24.5 Å². The van der Waals surface area contributed by atoms with Crippen LogP contribution in [0, 0.1) is 6.92 Å². The SMILES string of the molecule is CC(=CCCOP(=O)(O)OP(=O)(O)O)NCc1cnc(C)nc1N. The Morgan fingerprint density at radius 3 is 2.67 bits per heavy atom. The molecule has 0 aliphatic carbocycles. The van der Waals surface area contributed by atoms with Crippen LogP contribution in [0.25, 0.3) is 0 Å². The molecular weight excluding hydrogens is 362 g/mol. The molecule has 0 aliphatic rings. The van der Waals surface area contributed by atoms with Gasteiger partial charge in [0, 0.05) is 24.0 Å². The third-order valence-electron chi connectivity index (χ3n) is 2.61. The topological polar surface area (TPSA) is 177 Å². The Morgan fingerprint density at radius 1 is 1.42 bits per heavy atom. The Bertz CT molecular complexity index is 691. The van der Waals surface area contributed by atoms with E-state index in [9.17, 15) is 9.13 Å². The molecule has 1 unspecified atom stereocenters. The van der Waals surface area contributed by atoms with E-state index in [2.05, 4.69) is 24.1 Å². The minimum Gasteiger partial charge on any atom is -0.385 e. The molecule has 136 valence electrons. The maximum atomic E-state index is 11.2. The lowest BCUT2D eigenvalue weighted by atomic mass is 10.3. The minimum atomic E-state index is -5.10. The second-order valence-corrected chi connectivity index (χ2v) is 7.56. The van der Waals surface area contributed by atoms with Crippen molar-refractivity contribution in [1.29, 1.82) is 0 Å². The van der Waals surface area contributed by atoms with Crippen molar-refractivity contribution in [2.75, 3.05) is 12.3 Å². The molecule has 6 N–H and O–H groups in total. The van der Waals surface area contributed by atoms with Crippen molar-refractivity contribution >= 4 is 21.5 Å². The van der Waals surface area contributed by atoms with Gasteiger partial charge >= 0.3 is 15.6 Å². The zero-order valence-corrected chi connectivity index (χ0v) is 14.9. The summed E-state index contributed by atoms with van der Waals surface area (Å²) in [6.07, 6.45) is 3.50. The molecular formula is C11H20N4O7P2. The number of hydrogen-bond acceptors (Lipinski definition) is 8. The van der Waals surface area contributed by atoms with Crippen LogP contribution in [0.15, 0.2) is 18.0 Å². The van der Waals surface area contributed by atoms with Gasteiger partial charge in [-0.1, -0.05) is 6.08 Å². The third-order valence-corrected chi connectivity index (χ3v) is 4.79. The number of phosphoric acid groups is 2. The highest BCUT2D eigenvalue weighted by atomic mass is 31.3. The number of hydrogen-bond donors (Lipinski definition) is 5. The summed E-state index contributed by atoms with van der Waals surface area (Å²) in [7, 11) is -9.89. The van der Waals surface area contributed by atoms with Gasteiger partial charge in [-0.05, 0) is 20.3 Å². The summed E-state index contributed by atoms with van der Waals surface area (Å²) in [5.41, 5.74) is 7.22. The first-order valence-corrected chi connectivity index (χ1v) is 9.74.